The number of nitrogens with zero attached hydrogens (tertiary/aromatic N) is 1. The summed E-state index contributed by atoms with van der Waals surface area (Å²) in [6.45, 7) is 4.19. The Bertz CT molecular complexity index is 954. The van der Waals surface area contributed by atoms with Crippen molar-refractivity contribution in [2.45, 2.75) is 52.2 Å². The van der Waals surface area contributed by atoms with Gasteiger partial charge in [0.25, 0.3) is 5.91 Å². The molecule has 2 aliphatic rings. The maximum absolute atomic E-state index is 14.4. The van der Waals surface area contributed by atoms with Gasteiger partial charge in [-0.3, -0.25) is 4.79 Å². The maximum atomic E-state index is 14.4. The molecule has 1 aliphatic heterocycles. The molecule has 0 aromatic heterocycles. The van der Waals surface area contributed by atoms with E-state index in [1.165, 1.54) is 25.1 Å². The molecular formula is C24H26F3NO2. The normalized spacial score (nSPS) is 22.2. The fraction of sp³-hybridized carbons (Fsp3) is 0.458. The maximum Gasteiger partial charge on any atom is 0.257 e. The number of hydrogen-bond donors (Lipinski definition) is 0. The van der Waals surface area contributed by atoms with E-state index in [4.69, 9.17) is 4.74 Å². The SMILES string of the molecule is Cc1c(F)cc2c(c1F)C(=O)N(CC1CCC(C(C)Oc3cccc(F)c3)CC1)C2. The molecule has 0 saturated heterocycles. The lowest BCUT2D eigenvalue weighted by molar-refractivity contribution is 0.0682. The number of carbonyl (C=O) groups excluding carboxylic acids is 1. The van der Waals surface area contributed by atoms with Crippen LogP contribution in [0.2, 0.25) is 0 Å². The number of ether oxygens (including phenoxy) is 1. The molecule has 160 valence electrons. The Hall–Kier alpha value is -2.50. The first-order chi connectivity index (χ1) is 14.3. The van der Waals surface area contributed by atoms with Crippen LogP contribution in [0, 0.1) is 36.2 Å². The summed E-state index contributed by atoms with van der Waals surface area (Å²) in [6.07, 6.45) is 3.77. The molecule has 6 heteroatoms. The molecule has 1 fully saturated rings. The second-order valence-corrected chi connectivity index (χ2v) is 8.58. The first-order valence-corrected chi connectivity index (χ1v) is 10.5. The number of amides is 1. The molecular weight excluding hydrogens is 391 g/mol. The molecule has 0 N–H and O–H groups in total. The average Bonchev–Trinajstić information content (AvgIpc) is 3.02. The number of halogens is 3. The van der Waals surface area contributed by atoms with Crippen LogP contribution in [-0.2, 0) is 6.54 Å². The lowest BCUT2D eigenvalue weighted by atomic mass is 9.79. The van der Waals surface area contributed by atoms with Gasteiger partial charge in [-0.05, 0) is 75.1 Å². The lowest BCUT2D eigenvalue weighted by Gasteiger charge is -2.34. The highest BCUT2D eigenvalue weighted by atomic mass is 19.1. The van der Waals surface area contributed by atoms with Crippen LogP contribution in [0.25, 0.3) is 0 Å². The molecule has 1 saturated carbocycles. The van der Waals surface area contributed by atoms with Gasteiger partial charge in [0, 0.05) is 24.7 Å². The molecule has 1 unspecified atom stereocenters. The Morgan fingerprint density at radius 3 is 2.57 bits per heavy atom. The predicted octanol–water partition coefficient (Wildman–Crippen LogP) is 5.64. The summed E-state index contributed by atoms with van der Waals surface area (Å²) in [4.78, 5) is 14.3. The second kappa shape index (κ2) is 8.32. The predicted molar refractivity (Wildman–Crippen MR) is 108 cm³/mol. The van der Waals surface area contributed by atoms with E-state index < -0.39 is 11.6 Å². The lowest BCUT2D eigenvalue weighted by Crippen LogP contribution is -2.34. The molecule has 3 nitrogen and oxygen atoms in total. The van der Waals surface area contributed by atoms with Crippen LogP contribution in [0.15, 0.2) is 30.3 Å². The van der Waals surface area contributed by atoms with Gasteiger partial charge in [0.1, 0.15) is 23.2 Å². The summed E-state index contributed by atoms with van der Waals surface area (Å²) in [5, 5.41) is 0. The van der Waals surface area contributed by atoms with E-state index in [9.17, 15) is 18.0 Å². The summed E-state index contributed by atoms with van der Waals surface area (Å²) in [5.74, 6) is -0.755. The van der Waals surface area contributed by atoms with Crippen molar-refractivity contribution < 1.29 is 22.7 Å². The van der Waals surface area contributed by atoms with Crippen molar-refractivity contribution in [2.24, 2.45) is 11.8 Å². The second-order valence-electron chi connectivity index (χ2n) is 8.58. The fourth-order valence-corrected chi connectivity index (χ4v) is 4.71. The number of fused-ring (bicyclic) bond motifs is 1. The number of carbonyl (C=O) groups is 1. The topological polar surface area (TPSA) is 29.5 Å². The first kappa shape index (κ1) is 20.8. The van der Waals surface area contributed by atoms with Crippen LogP contribution in [0.5, 0.6) is 5.75 Å². The van der Waals surface area contributed by atoms with Crippen LogP contribution in [0.3, 0.4) is 0 Å². The number of rotatable bonds is 5. The molecule has 1 heterocycles. The molecule has 0 spiro atoms. The van der Waals surface area contributed by atoms with Crippen molar-refractivity contribution in [3.63, 3.8) is 0 Å². The standard InChI is InChI=1S/C24H26F3NO2/c1-14-21(26)10-18-13-28(24(29)22(18)23(14)27)12-16-6-8-17(9-7-16)15(2)30-20-5-3-4-19(25)11-20/h3-5,10-11,15-17H,6-9,12-13H2,1-2H3. The Kier molecular flexibility index (Phi) is 5.76. The Balaban J connectivity index is 1.32. The van der Waals surface area contributed by atoms with Crippen molar-refractivity contribution in [3.8, 4) is 5.75 Å². The van der Waals surface area contributed by atoms with Gasteiger partial charge in [-0.15, -0.1) is 0 Å². The van der Waals surface area contributed by atoms with Crippen molar-refractivity contribution in [3.05, 3.63) is 64.5 Å². The van der Waals surface area contributed by atoms with E-state index in [1.54, 1.807) is 17.0 Å². The third kappa shape index (κ3) is 4.05. The molecule has 0 bridgehead atoms. The van der Waals surface area contributed by atoms with Crippen LogP contribution >= 0.6 is 0 Å². The monoisotopic (exact) mass is 417 g/mol. The highest BCUT2D eigenvalue weighted by molar-refractivity contribution is 5.98. The molecule has 1 aliphatic carbocycles. The van der Waals surface area contributed by atoms with E-state index in [2.05, 4.69) is 0 Å². The Morgan fingerprint density at radius 2 is 1.87 bits per heavy atom. The summed E-state index contributed by atoms with van der Waals surface area (Å²) in [6, 6.07) is 7.46. The molecule has 1 atom stereocenters. The third-order valence-corrected chi connectivity index (χ3v) is 6.54. The summed E-state index contributed by atoms with van der Waals surface area (Å²) >= 11 is 0. The van der Waals surface area contributed by atoms with Crippen molar-refractivity contribution >= 4 is 5.91 Å². The zero-order chi connectivity index (χ0) is 21.4. The van der Waals surface area contributed by atoms with Crippen LogP contribution in [0.4, 0.5) is 13.2 Å². The minimum atomic E-state index is -0.732. The summed E-state index contributed by atoms with van der Waals surface area (Å²) in [7, 11) is 0. The van der Waals surface area contributed by atoms with E-state index >= 15 is 0 Å². The van der Waals surface area contributed by atoms with Crippen LogP contribution < -0.4 is 4.74 Å². The van der Waals surface area contributed by atoms with Crippen LogP contribution in [-0.4, -0.2) is 23.5 Å². The zero-order valence-corrected chi connectivity index (χ0v) is 17.3. The molecule has 0 radical (unpaired) electrons. The number of hydrogen-bond acceptors (Lipinski definition) is 2. The van der Waals surface area contributed by atoms with Crippen LogP contribution in [0.1, 0.15) is 54.1 Å². The van der Waals surface area contributed by atoms with Gasteiger partial charge in [-0.1, -0.05) is 6.07 Å². The third-order valence-electron chi connectivity index (χ3n) is 6.54. The zero-order valence-electron chi connectivity index (χ0n) is 17.3. The molecule has 2 aromatic carbocycles. The van der Waals surface area contributed by atoms with Gasteiger partial charge in [0.15, 0.2) is 0 Å². The molecule has 30 heavy (non-hydrogen) atoms. The fourth-order valence-electron chi connectivity index (χ4n) is 4.71. The van der Waals surface area contributed by atoms with Crippen molar-refractivity contribution in [1.82, 2.24) is 4.90 Å². The smallest absolute Gasteiger partial charge is 0.257 e. The van der Waals surface area contributed by atoms with E-state index in [0.717, 1.165) is 25.7 Å². The van der Waals surface area contributed by atoms with Gasteiger partial charge < -0.3 is 9.64 Å². The highest BCUT2D eigenvalue weighted by Gasteiger charge is 2.35. The minimum Gasteiger partial charge on any atom is -0.490 e. The van der Waals surface area contributed by atoms with Gasteiger partial charge in [-0.25, -0.2) is 13.2 Å². The van der Waals surface area contributed by atoms with Crippen molar-refractivity contribution in [2.75, 3.05) is 6.54 Å². The highest BCUT2D eigenvalue weighted by Crippen LogP contribution is 2.35. The molecule has 1 amide bonds. The summed E-state index contributed by atoms with van der Waals surface area (Å²) in [5.41, 5.74) is 0.364. The van der Waals surface area contributed by atoms with E-state index in [0.29, 0.717) is 29.7 Å². The molecule has 2 aromatic rings. The summed E-state index contributed by atoms with van der Waals surface area (Å²) < 4.78 is 47.5. The van der Waals surface area contributed by atoms with Crippen molar-refractivity contribution in [1.29, 1.82) is 0 Å². The van der Waals surface area contributed by atoms with Gasteiger partial charge in [-0.2, -0.15) is 0 Å². The average molecular weight is 417 g/mol. The first-order valence-electron chi connectivity index (χ1n) is 10.5. The van der Waals surface area contributed by atoms with Gasteiger partial charge >= 0.3 is 0 Å². The Morgan fingerprint density at radius 1 is 1.13 bits per heavy atom. The Labute approximate surface area is 174 Å². The quantitative estimate of drug-likeness (QED) is 0.630. The van der Waals surface area contributed by atoms with Gasteiger partial charge in [0.2, 0.25) is 0 Å². The largest absolute Gasteiger partial charge is 0.490 e. The minimum absolute atomic E-state index is 0.0227. The molecule has 4 rings (SSSR count). The van der Waals surface area contributed by atoms with E-state index in [1.807, 2.05) is 6.92 Å². The number of benzene rings is 2. The van der Waals surface area contributed by atoms with E-state index in [-0.39, 0.29) is 35.5 Å². The van der Waals surface area contributed by atoms with Gasteiger partial charge in [0.05, 0.1) is 11.7 Å².